The number of para-hydroxylation sites is 1. The van der Waals surface area contributed by atoms with E-state index < -0.39 is 0 Å². The molecule has 0 unspecified atom stereocenters. The van der Waals surface area contributed by atoms with E-state index in [0.29, 0.717) is 56.9 Å². The van der Waals surface area contributed by atoms with Gasteiger partial charge in [-0.25, -0.2) is 9.07 Å². The van der Waals surface area contributed by atoms with Crippen molar-refractivity contribution in [2.24, 2.45) is 0 Å². The lowest BCUT2D eigenvalue weighted by Gasteiger charge is -2.36. The second-order valence-electron chi connectivity index (χ2n) is 7.71. The van der Waals surface area contributed by atoms with Crippen LogP contribution in [0.1, 0.15) is 12.8 Å². The number of piperazine rings is 1. The first-order valence-corrected chi connectivity index (χ1v) is 11.4. The van der Waals surface area contributed by atoms with E-state index in [2.05, 4.69) is 21.0 Å². The summed E-state index contributed by atoms with van der Waals surface area (Å²) in [7, 11) is 0. The topological polar surface area (TPSA) is 58.4 Å². The van der Waals surface area contributed by atoms with Gasteiger partial charge in [0, 0.05) is 55.2 Å². The number of carbonyl (C=O) groups excluding carboxylic acids is 1. The van der Waals surface area contributed by atoms with Crippen molar-refractivity contribution in [1.82, 2.24) is 14.7 Å². The lowest BCUT2D eigenvalue weighted by atomic mass is 10.1. The first kappa shape index (κ1) is 22.2. The highest BCUT2D eigenvalue weighted by molar-refractivity contribution is 9.10. The summed E-state index contributed by atoms with van der Waals surface area (Å²) in [6.45, 7) is 2.70. The summed E-state index contributed by atoms with van der Waals surface area (Å²) in [6, 6.07) is 17.7. The van der Waals surface area contributed by atoms with Crippen molar-refractivity contribution in [1.29, 1.82) is 0 Å². The van der Waals surface area contributed by atoms with Gasteiger partial charge in [-0.05, 0) is 36.8 Å². The van der Waals surface area contributed by atoms with Crippen LogP contribution in [0.2, 0.25) is 0 Å². The molecule has 1 fully saturated rings. The number of aromatic nitrogens is 2. The lowest BCUT2D eigenvalue weighted by Crippen LogP contribution is -2.49. The number of halogens is 2. The molecular weight excluding hydrogens is 475 g/mol. The van der Waals surface area contributed by atoms with Crippen molar-refractivity contribution < 1.29 is 9.18 Å². The van der Waals surface area contributed by atoms with Crippen LogP contribution in [-0.4, -0.2) is 46.8 Å². The van der Waals surface area contributed by atoms with Crippen molar-refractivity contribution in [3.63, 3.8) is 0 Å². The summed E-state index contributed by atoms with van der Waals surface area (Å²) in [5, 5.41) is 4.46. The Bertz CT molecular complexity index is 1140. The van der Waals surface area contributed by atoms with Gasteiger partial charge in [-0.15, -0.1) is 0 Å². The van der Waals surface area contributed by atoms with Crippen LogP contribution in [0.4, 0.5) is 10.1 Å². The molecule has 0 N–H and O–H groups in total. The van der Waals surface area contributed by atoms with E-state index in [1.54, 1.807) is 18.2 Å². The number of nitrogens with zero attached hydrogens (tertiary/aromatic N) is 4. The van der Waals surface area contributed by atoms with Gasteiger partial charge in [0.15, 0.2) is 0 Å². The van der Waals surface area contributed by atoms with Gasteiger partial charge in [0.05, 0.1) is 11.4 Å². The molecule has 1 aromatic heterocycles. The van der Waals surface area contributed by atoms with Crippen LogP contribution in [0.5, 0.6) is 0 Å². The van der Waals surface area contributed by atoms with Gasteiger partial charge in [-0.2, -0.15) is 5.10 Å². The Morgan fingerprint density at radius 3 is 2.41 bits per heavy atom. The van der Waals surface area contributed by atoms with Gasteiger partial charge >= 0.3 is 0 Å². The normalized spacial score (nSPS) is 13.9. The molecule has 0 bridgehead atoms. The van der Waals surface area contributed by atoms with E-state index in [0.717, 1.165) is 10.0 Å². The predicted octanol–water partition coefficient (Wildman–Crippen LogP) is 3.94. The van der Waals surface area contributed by atoms with E-state index in [1.165, 1.54) is 16.8 Å². The Labute approximate surface area is 194 Å². The highest BCUT2D eigenvalue weighted by Crippen LogP contribution is 2.21. The van der Waals surface area contributed by atoms with E-state index in [-0.39, 0.29) is 17.3 Å². The summed E-state index contributed by atoms with van der Waals surface area (Å²) < 4.78 is 16.4. The van der Waals surface area contributed by atoms with Crippen molar-refractivity contribution in [2.45, 2.75) is 19.4 Å². The average molecular weight is 499 g/mol. The molecule has 1 amide bonds. The Morgan fingerprint density at radius 1 is 0.969 bits per heavy atom. The van der Waals surface area contributed by atoms with Gasteiger partial charge in [0.25, 0.3) is 5.56 Å². The second-order valence-corrected chi connectivity index (χ2v) is 8.63. The number of aryl methyl sites for hydroxylation is 1. The second kappa shape index (κ2) is 10.1. The molecule has 0 aliphatic carbocycles. The zero-order valence-electron chi connectivity index (χ0n) is 17.6. The van der Waals surface area contributed by atoms with Gasteiger partial charge in [-0.3, -0.25) is 9.59 Å². The molecular formula is C24H24BrFN4O2. The summed E-state index contributed by atoms with van der Waals surface area (Å²) in [4.78, 5) is 28.6. The largest absolute Gasteiger partial charge is 0.366 e. The zero-order valence-corrected chi connectivity index (χ0v) is 19.2. The molecule has 1 aliphatic heterocycles. The van der Waals surface area contributed by atoms with E-state index in [4.69, 9.17) is 0 Å². The molecule has 8 heteroatoms. The molecule has 2 aromatic carbocycles. The van der Waals surface area contributed by atoms with Crippen molar-refractivity contribution in [3.8, 4) is 11.3 Å². The zero-order chi connectivity index (χ0) is 22.5. The number of carbonyl (C=O) groups is 1. The summed E-state index contributed by atoms with van der Waals surface area (Å²) in [5.74, 6) is -0.189. The SMILES string of the molecule is O=C(CCCn1nc(-c2ccc(Br)cc2)ccc1=O)N1CCN(c2ccccc2F)CC1. The molecule has 6 nitrogen and oxygen atoms in total. The Balaban J connectivity index is 1.30. The fraction of sp³-hybridized carbons (Fsp3) is 0.292. The molecule has 1 aliphatic rings. The summed E-state index contributed by atoms with van der Waals surface area (Å²) in [5.41, 5.74) is 2.03. The monoisotopic (exact) mass is 498 g/mol. The third-order valence-electron chi connectivity index (χ3n) is 5.59. The maximum atomic E-state index is 14.0. The highest BCUT2D eigenvalue weighted by Gasteiger charge is 2.22. The van der Waals surface area contributed by atoms with Crippen LogP contribution < -0.4 is 10.5 Å². The van der Waals surface area contributed by atoms with Crippen LogP contribution in [-0.2, 0) is 11.3 Å². The van der Waals surface area contributed by atoms with Crippen LogP contribution in [0.15, 0.2) is 69.9 Å². The van der Waals surface area contributed by atoms with Gasteiger partial charge in [-0.1, -0.05) is 40.2 Å². The molecule has 4 rings (SSSR count). The highest BCUT2D eigenvalue weighted by atomic mass is 79.9. The molecule has 32 heavy (non-hydrogen) atoms. The van der Waals surface area contributed by atoms with E-state index >= 15 is 0 Å². The maximum absolute atomic E-state index is 14.0. The summed E-state index contributed by atoms with van der Waals surface area (Å²) in [6.07, 6.45) is 0.874. The predicted molar refractivity (Wildman–Crippen MR) is 126 cm³/mol. The van der Waals surface area contributed by atoms with Crippen LogP contribution in [0.3, 0.4) is 0 Å². The first-order valence-electron chi connectivity index (χ1n) is 10.6. The number of hydrogen-bond acceptors (Lipinski definition) is 4. The van der Waals surface area contributed by atoms with Crippen molar-refractivity contribution in [2.75, 3.05) is 31.1 Å². The van der Waals surface area contributed by atoms with Gasteiger partial charge in [0.2, 0.25) is 5.91 Å². The van der Waals surface area contributed by atoms with E-state index in [1.807, 2.05) is 40.1 Å². The maximum Gasteiger partial charge on any atom is 0.266 e. The van der Waals surface area contributed by atoms with Crippen LogP contribution in [0.25, 0.3) is 11.3 Å². The fourth-order valence-electron chi connectivity index (χ4n) is 3.83. The van der Waals surface area contributed by atoms with Crippen molar-refractivity contribution >= 4 is 27.5 Å². The Morgan fingerprint density at radius 2 is 1.69 bits per heavy atom. The Hall–Kier alpha value is -3.00. The number of anilines is 1. The van der Waals surface area contributed by atoms with Gasteiger partial charge < -0.3 is 9.80 Å². The van der Waals surface area contributed by atoms with E-state index in [9.17, 15) is 14.0 Å². The number of amides is 1. The van der Waals surface area contributed by atoms with Crippen molar-refractivity contribution in [3.05, 3.63) is 81.3 Å². The summed E-state index contributed by atoms with van der Waals surface area (Å²) >= 11 is 3.41. The molecule has 2 heterocycles. The number of hydrogen-bond donors (Lipinski definition) is 0. The molecule has 0 spiro atoms. The minimum absolute atomic E-state index is 0.0512. The fourth-order valence-corrected chi connectivity index (χ4v) is 4.09. The third-order valence-corrected chi connectivity index (χ3v) is 6.12. The standard InChI is InChI=1S/C24H24BrFN4O2/c25-19-9-7-18(8-10-19)21-11-12-24(32)30(27-21)13-3-6-23(31)29-16-14-28(15-17-29)22-5-2-1-4-20(22)26/h1-2,4-5,7-12H,3,6,13-17H2. The van der Waals surface area contributed by atoms with Crippen LogP contribution in [0, 0.1) is 5.82 Å². The number of rotatable bonds is 6. The molecule has 0 atom stereocenters. The number of benzene rings is 2. The molecule has 0 radical (unpaired) electrons. The Kier molecular flexibility index (Phi) is 6.99. The van der Waals surface area contributed by atoms with Crippen LogP contribution >= 0.6 is 15.9 Å². The average Bonchev–Trinajstić information content (AvgIpc) is 2.81. The smallest absolute Gasteiger partial charge is 0.266 e. The molecule has 0 saturated carbocycles. The third kappa shape index (κ3) is 5.24. The quantitative estimate of drug-likeness (QED) is 0.516. The molecule has 3 aromatic rings. The first-order chi connectivity index (χ1) is 15.5. The molecule has 1 saturated heterocycles. The lowest BCUT2D eigenvalue weighted by molar-refractivity contribution is -0.131. The minimum Gasteiger partial charge on any atom is -0.366 e. The van der Waals surface area contributed by atoms with Gasteiger partial charge in [0.1, 0.15) is 5.82 Å². The minimum atomic E-state index is -0.240. The molecule has 166 valence electrons.